The van der Waals surface area contributed by atoms with Gasteiger partial charge in [0.1, 0.15) is 5.82 Å². The number of carbonyl (C=O) groups is 1. The number of rotatable bonds is 7. The monoisotopic (exact) mass is 495 g/mol. The molecule has 1 saturated heterocycles. The van der Waals surface area contributed by atoms with Crippen LogP contribution in [0, 0.1) is 0 Å². The number of ether oxygens (including phenoxy) is 1. The highest BCUT2D eigenvalue weighted by atomic mass is 35.5. The lowest BCUT2D eigenvalue weighted by molar-refractivity contribution is -0.113. The van der Waals surface area contributed by atoms with Crippen molar-refractivity contribution in [3.05, 3.63) is 41.6 Å². The van der Waals surface area contributed by atoms with Crippen LogP contribution in [0.3, 0.4) is 0 Å². The van der Waals surface area contributed by atoms with Gasteiger partial charge in [-0.25, -0.2) is 18.4 Å². The third-order valence-electron chi connectivity index (χ3n) is 4.94. The Morgan fingerprint density at radius 3 is 2.72 bits per heavy atom. The summed E-state index contributed by atoms with van der Waals surface area (Å²) >= 11 is 7.09. The minimum atomic E-state index is -3.61. The first kappa shape index (κ1) is 23.0. The second kappa shape index (κ2) is 9.75. The van der Waals surface area contributed by atoms with Crippen molar-refractivity contribution in [1.29, 1.82) is 0 Å². The summed E-state index contributed by atoms with van der Waals surface area (Å²) in [7, 11) is -3.61. The zero-order valence-electron chi connectivity index (χ0n) is 17.3. The Balaban J connectivity index is 1.52. The standard InChI is InChI=1S/C20H22ClN5O4S2/c1-2-26-17-5-4-15(32(28,29)25-7-9-30-10-8-25)11-16(17)23-20(26)31-13-19(27)24-18-6-3-14(21)12-22-18/h3-6,11-12H,2,7-10,13H2,1H3,(H,22,24,27). The number of pyridine rings is 1. The van der Waals surface area contributed by atoms with Crippen LogP contribution in [-0.2, 0) is 26.1 Å². The molecule has 3 aromatic rings. The van der Waals surface area contributed by atoms with E-state index in [1.165, 1.54) is 22.3 Å². The summed E-state index contributed by atoms with van der Waals surface area (Å²) in [6.07, 6.45) is 1.46. The fraction of sp³-hybridized carbons (Fsp3) is 0.350. The number of morpholine rings is 1. The molecule has 32 heavy (non-hydrogen) atoms. The van der Waals surface area contributed by atoms with Gasteiger partial charge < -0.3 is 14.6 Å². The topological polar surface area (TPSA) is 106 Å². The van der Waals surface area contributed by atoms with Crippen molar-refractivity contribution in [3.63, 3.8) is 0 Å². The molecule has 4 rings (SSSR count). The van der Waals surface area contributed by atoms with Crippen LogP contribution in [0.25, 0.3) is 11.0 Å². The Morgan fingerprint density at radius 2 is 2.03 bits per heavy atom. The molecule has 1 fully saturated rings. The van der Waals surface area contributed by atoms with Gasteiger partial charge in [-0.05, 0) is 37.3 Å². The van der Waals surface area contributed by atoms with Crippen LogP contribution in [0.15, 0.2) is 46.6 Å². The number of hydrogen-bond acceptors (Lipinski definition) is 7. The maximum atomic E-state index is 13.0. The van der Waals surface area contributed by atoms with Gasteiger partial charge >= 0.3 is 0 Å². The SMILES string of the molecule is CCn1c(SCC(=O)Nc2ccc(Cl)cn2)nc2cc(S(=O)(=O)N3CCOCC3)ccc21. The average Bonchev–Trinajstić information content (AvgIpc) is 3.16. The predicted octanol–water partition coefficient (Wildman–Crippen LogP) is 2.86. The van der Waals surface area contributed by atoms with Crippen LogP contribution < -0.4 is 5.32 Å². The van der Waals surface area contributed by atoms with E-state index in [0.717, 1.165) is 5.52 Å². The lowest BCUT2D eigenvalue weighted by Gasteiger charge is -2.26. The molecule has 0 bridgehead atoms. The van der Waals surface area contributed by atoms with E-state index in [1.54, 1.807) is 30.3 Å². The van der Waals surface area contributed by atoms with E-state index in [2.05, 4.69) is 15.3 Å². The molecule has 0 saturated carbocycles. The molecule has 0 radical (unpaired) electrons. The van der Waals surface area contributed by atoms with Crippen molar-refractivity contribution < 1.29 is 17.9 Å². The van der Waals surface area contributed by atoms with E-state index < -0.39 is 10.0 Å². The molecule has 12 heteroatoms. The molecule has 0 spiro atoms. The summed E-state index contributed by atoms with van der Waals surface area (Å²) in [5.74, 6) is 0.323. The Bertz CT molecular complexity index is 1220. The van der Waals surface area contributed by atoms with E-state index in [9.17, 15) is 13.2 Å². The van der Waals surface area contributed by atoms with Crippen molar-refractivity contribution in [2.75, 3.05) is 37.4 Å². The van der Waals surface area contributed by atoms with Crippen LogP contribution in [0.1, 0.15) is 6.92 Å². The minimum Gasteiger partial charge on any atom is -0.379 e. The predicted molar refractivity (Wildman–Crippen MR) is 124 cm³/mol. The number of hydrogen-bond donors (Lipinski definition) is 1. The van der Waals surface area contributed by atoms with Crippen molar-refractivity contribution in [2.45, 2.75) is 23.5 Å². The van der Waals surface area contributed by atoms with Gasteiger partial charge in [-0.1, -0.05) is 23.4 Å². The van der Waals surface area contributed by atoms with Crippen LogP contribution in [0.5, 0.6) is 0 Å². The highest BCUT2D eigenvalue weighted by Gasteiger charge is 2.27. The Morgan fingerprint density at radius 1 is 1.25 bits per heavy atom. The molecule has 1 aromatic carbocycles. The Labute approximate surface area is 195 Å². The summed E-state index contributed by atoms with van der Waals surface area (Å²) in [6.45, 7) is 4.06. The van der Waals surface area contributed by atoms with E-state index in [1.807, 2.05) is 11.5 Å². The number of halogens is 1. The van der Waals surface area contributed by atoms with Gasteiger partial charge in [0.25, 0.3) is 0 Å². The number of anilines is 1. The van der Waals surface area contributed by atoms with Gasteiger partial charge in [0.2, 0.25) is 15.9 Å². The number of imidazole rings is 1. The second-order valence-corrected chi connectivity index (χ2v) is 10.3. The lowest BCUT2D eigenvalue weighted by atomic mass is 10.3. The summed E-state index contributed by atoms with van der Waals surface area (Å²) < 4.78 is 34.6. The highest BCUT2D eigenvalue weighted by molar-refractivity contribution is 7.99. The third kappa shape index (κ3) is 4.91. The molecule has 2 aromatic heterocycles. The second-order valence-electron chi connectivity index (χ2n) is 7.00. The molecular weight excluding hydrogens is 474 g/mol. The molecule has 170 valence electrons. The fourth-order valence-electron chi connectivity index (χ4n) is 3.36. The van der Waals surface area contributed by atoms with E-state index in [0.29, 0.717) is 54.4 Å². The first-order valence-electron chi connectivity index (χ1n) is 10.0. The van der Waals surface area contributed by atoms with E-state index >= 15 is 0 Å². The molecule has 1 aliphatic heterocycles. The Hall–Kier alpha value is -2.18. The van der Waals surface area contributed by atoms with Gasteiger partial charge in [0.15, 0.2) is 5.16 Å². The minimum absolute atomic E-state index is 0.132. The summed E-state index contributed by atoms with van der Waals surface area (Å²) in [4.78, 5) is 21.2. The average molecular weight is 496 g/mol. The number of aromatic nitrogens is 3. The van der Waals surface area contributed by atoms with E-state index in [4.69, 9.17) is 16.3 Å². The zero-order chi connectivity index (χ0) is 22.7. The molecule has 1 aliphatic rings. The van der Waals surface area contributed by atoms with Crippen LogP contribution >= 0.6 is 23.4 Å². The van der Waals surface area contributed by atoms with Crippen molar-refractivity contribution in [2.24, 2.45) is 0 Å². The van der Waals surface area contributed by atoms with Gasteiger partial charge in [-0.15, -0.1) is 0 Å². The summed E-state index contributed by atoms with van der Waals surface area (Å²) in [5.41, 5.74) is 1.39. The Kier molecular flexibility index (Phi) is 7.01. The molecule has 1 N–H and O–H groups in total. The van der Waals surface area contributed by atoms with E-state index in [-0.39, 0.29) is 16.6 Å². The number of thioether (sulfide) groups is 1. The number of sulfonamides is 1. The molecule has 0 unspecified atom stereocenters. The van der Waals surface area contributed by atoms with Gasteiger partial charge in [0, 0.05) is 25.8 Å². The summed E-state index contributed by atoms with van der Waals surface area (Å²) in [6, 6.07) is 8.24. The molecule has 0 aliphatic carbocycles. The van der Waals surface area contributed by atoms with Crippen LogP contribution in [-0.4, -0.2) is 65.2 Å². The maximum Gasteiger partial charge on any atom is 0.243 e. The molecular formula is C20H22ClN5O4S2. The van der Waals surface area contributed by atoms with Gasteiger partial charge in [0.05, 0.1) is 39.9 Å². The molecule has 1 amide bonds. The first-order chi connectivity index (χ1) is 15.4. The normalized spacial score (nSPS) is 15.2. The van der Waals surface area contributed by atoms with Crippen LogP contribution in [0.2, 0.25) is 5.02 Å². The number of fused-ring (bicyclic) bond motifs is 1. The number of carbonyl (C=O) groups excluding carboxylic acids is 1. The molecule has 3 heterocycles. The van der Waals surface area contributed by atoms with Gasteiger partial charge in [-0.3, -0.25) is 4.79 Å². The highest BCUT2D eigenvalue weighted by Crippen LogP contribution is 2.27. The molecule has 9 nitrogen and oxygen atoms in total. The smallest absolute Gasteiger partial charge is 0.243 e. The largest absolute Gasteiger partial charge is 0.379 e. The quantitative estimate of drug-likeness (QED) is 0.502. The number of amides is 1. The molecule has 0 atom stereocenters. The van der Waals surface area contributed by atoms with Crippen LogP contribution in [0.4, 0.5) is 5.82 Å². The maximum absolute atomic E-state index is 13.0. The zero-order valence-corrected chi connectivity index (χ0v) is 19.7. The van der Waals surface area contributed by atoms with Gasteiger partial charge in [-0.2, -0.15) is 4.31 Å². The number of nitrogens with one attached hydrogen (secondary N) is 1. The number of benzene rings is 1. The third-order valence-corrected chi connectivity index (χ3v) is 8.03. The number of aryl methyl sites for hydroxylation is 1. The fourth-order valence-corrected chi connectivity index (χ4v) is 5.78. The lowest BCUT2D eigenvalue weighted by Crippen LogP contribution is -2.40. The van der Waals surface area contributed by atoms with Crippen molar-refractivity contribution in [1.82, 2.24) is 18.8 Å². The number of nitrogens with zero attached hydrogens (tertiary/aromatic N) is 4. The summed E-state index contributed by atoms with van der Waals surface area (Å²) in [5, 5.41) is 3.85. The van der Waals surface area contributed by atoms with Crippen molar-refractivity contribution >= 4 is 56.1 Å². The first-order valence-corrected chi connectivity index (χ1v) is 12.8. The van der Waals surface area contributed by atoms with Crippen molar-refractivity contribution in [3.8, 4) is 0 Å².